The molecular formula is C18H20. The highest BCUT2D eigenvalue weighted by molar-refractivity contribution is 5.65. The van der Waals surface area contributed by atoms with E-state index in [1.165, 1.54) is 16.7 Å². The average Bonchev–Trinajstić information content (AvgIpc) is 2.40. The molecule has 92 valence electrons. The van der Waals surface area contributed by atoms with E-state index >= 15 is 0 Å². The van der Waals surface area contributed by atoms with Crippen molar-refractivity contribution in [2.24, 2.45) is 0 Å². The zero-order chi connectivity index (χ0) is 13.0. The third-order valence-corrected chi connectivity index (χ3v) is 3.34. The van der Waals surface area contributed by atoms with E-state index in [1.807, 2.05) is 0 Å². The number of hydrogen-bond acceptors (Lipinski definition) is 0. The van der Waals surface area contributed by atoms with Gasteiger partial charge in [0.2, 0.25) is 0 Å². The van der Waals surface area contributed by atoms with Crippen LogP contribution in [-0.2, 0) is 6.42 Å². The lowest BCUT2D eigenvalue weighted by Crippen LogP contribution is -2.01. The van der Waals surface area contributed by atoms with Gasteiger partial charge in [0, 0.05) is 0 Å². The van der Waals surface area contributed by atoms with Crippen molar-refractivity contribution in [3.8, 4) is 0 Å². The fraction of sp³-hybridized carbons (Fsp3) is 0.222. The Morgan fingerprint density at radius 1 is 1.00 bits per heavy atom. The summed E-state index contributed by atoms with van der Waals surface area (Å²) in [6.07, 6.45) is 1.07. The summed E-state index contributed by atoms with van der Waals surface area (Å²) < 4.78 is 0. The Bertz CT molecular complexity index is 523. The van der Waals surface area contributed by atoms with E-state index in [0.717, 1.165) is 12.0 Å². The van der Waals surface area contributed by atoms with Crippen LogP contribution in [0.4, 0.5) is 0 Å². The summed E-state index contributed by atoms with van der Waals surface area (Å²) >= 11 is 0. The first kappa shape index (κ1) is 12.6. The molecule has 0 bridgehead atoms. The summed E-state index contributed by atoms with van der Waals surface area (Å²) in [4.78, 5) is 0. The van der Waals surface area contributed by atoms with Crippen LogP contribution in [0, 0.1) is 0 Å². The lowest BCUT2D eigenvalue weighted by Gasteiger charge is -2.16. The van der Waals surface area contributed by atoms with Crippen molar-refractivity contribution in [2.45, 2.75) is 26.2 Å². The molecule has 2 aromatic carbocycles. The highest BCUT2D eigenvalue weighted by Crippen LogP contribution is 2.27. The molecule has 0 heteroatoms. The third kappa shape index (κ3) is 2.89. The van der Waals surface area contributed by atoms with E-state index in [2.05, 4.69) is 75.0 Å². The first-order valence-electron chi connectivity index (χ1n) is 6.47. The Hall–Kier alpha value is -1.82. The van der Waals surface area contributed by atoms with Crippen molar-refractivity contribution < 1.29 is 0 Å². The van der Waals surface area contributed by atoms with E-state index in [0.29, 0.717) is 5.92 Å². The second kappa shape index (κ2) is 5.68. The largest absolute Gasteiger partial charge is 0.0955 e. The van der Waals surface area contributed by atoms with Crippen molar-refractivity contribution >= 4 is 5.57 Å². The molecule has 0 aliphatic carbocycles. The fourth-order valence-corrected chi connectivity index (χ4v) is 2.39. The second-order valence-corrected chi connectivity index (χ2v) is 4.96. The Kier molecular flexibility index (Phi) is 3.99. The predicted octanol–water partition coefficient (Wildman–Crippen LogP) is 5.07. The minimum absolute atomic E-state index is 0.514. The maximum absolute atomic E-state index is 4.08. The van der Waals surface area contributed by atoms with Gasteiger partial charge in [-0.3, -0.25) is 0 Å². The molecule has 0 saturated carbocycles. The molecule has 1 unspecified atom stereocenters. The van der Waals surface area contributed by atoms with Gasteiger partial charge in [-0.15, -0.1) is 0 Å². The number of allylic oxidation sites excluding steroid dienone is 1. The molecule has 0 nitrogen and oxygen atoms in total. The topological polar surface area (TPSA) is 0 Å². The zero-order valence-corrected chi connectivity index (χ0v) is 11.2. The molecule has 0 saturated heterocycles. The van der Waals surface area contributed by atoms with Crippen molar-refractivity contribution in [3.05, 3.63) is 77.9 Å². The van der Waals surface area contributed by atoms with E-state index < -0.39 is 0 Å². The molecule has 0 spiro atoms. The molecule has 0 amide bonds. The van der Waals surface area contributed by atoms with Gasteiger partial charge in [-0.25, -0.2) is 0 Å². The lowest BCUT2D eigenvalue weighted by molar-refractivity contribution is 0.757. The van der Waals surface area contributed by atoms with Gasteiger partial charge in [0.25, 0.3) is 0 Å². The van der Waals surface area contributed by atoms with Gasteiger partial charge in [-0.1, -0.05) is 73.7 Å². The molecule has 0 radical (unpaired) electrons. The molecular weight excluding hydrogens is 216 g/mol. The summed E-state index contributed by atoms with van der Waals surface area (Å²) in [5.74, 6) is 0.514. The van der Waals surface area contributed by atoms with Crippen LogP contribution in [0.2, 0.25) is 0 Å². The normalized spacial score (nSPS) is 12.1. The van der Waals surface area contributed by atoms with Crippen LogP contribution in [-0.4, -0.2) is 0 Å². The third-order valence-electron chi connectivity index (χ3n) is 3.34. The van der Waals surface area contributed by atoms with Crippen molar-refractivity contribution in [3.63, 3.8) is 0 Å². The van der Waals surface area contributed by atoms with Crippen LogP contribution in [0.1, 0.15) is 36.5 Å². The van der Waals surface area contributed by atoms with E-state index in [9.17, 15) is 0 Å². The number of hydrogen-bond donors (Lipinski definition) is 0. The fourth-order valence-electron chi connectivity index (χ4n) is 2.39. The highest BCUT2D eigenvalue weighted by atomic mass is 14.2. The van der Waals surface area contributed by atoms with Gasteiger partial charge in [0.05, 0.1) is 0 Å². The lowest BCUT2D eigenvalue weighted by atomic mass is 9.88. The minimum atomic E-state index is 0.514. The SMILES string of the molecule is C=C(C)c1ccccc1C(C)Cc1ccccc1. The Morgan fingerprint density at radius 2 is 1.61 bits per heavy atom. The molecule has 2 rings (SSSR count). The van der Waals surface area contributed by atoms with E-state index in [4.69, 9.17) is 0 Å². The van der Waals surface area contributed by atoms with Crippen LogP contribution in [0.3, 0.4) is 0 Å². The maximum atomic E-state index is 4.08. The molecule has 0 N–H and O–H groups in total. The van der Waals surface area contributed by atoms with Gasteiger partial charge in [-0.2, -0.15) is 0 Å². The first-order chi connectivity index (χ1) is 8.68. The molecule has 0 aromatic heterocycles. The summed E-state index contributed by atoms with van der Waals surface area (Å²) in [6.45, 7) is 8.44. The Morgan fingerprint density at radius 3 is 2.28 bits per heavy atom. The molecule has 0 heterocycles. The summed E-state index contributed by atoms with van der Waals surface area (Å²) in [5.41, 5.74) is 5.22. The van der Waals surface area contributed by atoms with E-state index in [1.54, 1.807) is 0 Å². The molecule has 1 atom stereocenters. The van der Waals surface area contributed by atoms with Gasteiger partial charge in [0.15, 0.2) is 0 Å². The van der Waals surface area contributed by atoms with Crippen LogP contribution < -0.4 is 0 Å². The number of rotatable bonds is 4. The molecule has 0 fully saturated rings. The summed E-state index contributed by atoms with van der Waals surface area (Å²) in [7, 11) is 0. The molecule has 0 aliphatic heterocycles. The first-order valence-corrected chi connectivity index (χ1v) is 6.47. The minimum Gasteiger partial charge on any atom is -0.0955 e. The van der Waals surface area contributed by atoms with Gasteiger partial charge >= 0.3 is 0 Å². The van der Waals surface area contributed by atoms with Crippen LogP contribution >= 0.6 is 0 Å². The quantitative estimate of drug-likeness (QED) is 0.695. The standard InChI is InChI=1S/C18H20/c1-14(2)17-11-7-8-12-18(17)15(3)13-16-9-5-4-6-10-16/h4-12,15H,1,13H2,2-3H3. The van der Waals surface area contributed by atoms with E-state index in [-0.39, 0.29) is 0 Å². The van der Waals surface area contributed by atoms with Crippen molar-refractivity contribution in [1.29, 1.82) is 0 Å². The molecule has 2 aromatic rings. The number of benzene rings is 2. The van der Waals surface area contributed by atoms with Crippen molar-refractivity contribution in [2.75, 3.05) is 0 Å². The average molecular weight is 236 g/mol. The van der Waals surface area contributed by atoms with Crippen molar-refractivity contribution in [1.82, 2.24) is 0 Å². The Balaban J connectivity index is 2.24. The maximum Gasteiger partial charge on any atom is -0.0144 e. The Labute approximate surface area is 110 Å². The van der Waals surface area contributed by atoms with Gasteiger partial charge in [-0.05, 0) is 36.0 Å². The monoisotopic (exact) mass is 236 g/mol. The van der Waals surface area contributed by atoms with Gasteiger partial charge in [0.1, 0.15) is 0 Å². The second-order valence-electron chi connectivity index (χ2n) is 4.96. The van der Waals surface area contributed by atoms with Crippen LogP contribution in [0.15, 0.2) is 61.2 Å². The summed E-state index contributed by atoms with van der Waals surface area (Å²) in [6, 6.07) is 19.2. The summed E-state index contributed by atoms with van der Waals surface area (Å²) in [5, 5.41) is 0. The van der Waals surface area contributed by atoms with Crippen LogP contribution in [0.25, 0.3) is 5.57 Å². The zero-order valence-electron chi connectivity index (χ0n) is 11.2. The van der Waals surface area contributed by atoms with Gasteiger partial charge < -0.3 is 0 Å². The molecule has 0 aliphatic rings. The molecule has 18 heavy (non-hydrogen) atoms. The predicted molar refractivity (Wildman–Crippen MR) is 79.7 cm³/mol. The highest BCUT2D eigenvalue weighted by Gasteiger charge is 2.11. The van der Waals surface area contributed by atoms with Crippen LogP contribution in [0.5, 0.6) is 0 Å². The smallest absolute Gasteiger partial charge is 0.0144 e.